The summed E-state index contributed by atoms with van der Waals surface area (Å²) in [5.74, 6) is 0. The fraction of sp³-hybridized carbons (Fsp3) is 0.385. The Hall–Kier alpha value is -1.84. The number of rotatable bonds is 6. The van der Waals surface area contributed by atoms with Crippen molar-refractivity contribution in [2.75, 3.05) is 0 Å². The molecule has 0 spiro atoms. The first kappa shape index (κ1) is 11.6. The maximum absolute atomic E-state index is 11.0. The van der Waals surface area contributed by atoms with Gasteiger partial charge in [-0.25, -0.2) is 4.98 Å². The van der Waals surface area contributed by atoms with E-state index in [0.717, 1.165) is 43.6 Å². The van der Waals surface area contributed by atoms with Gasteiger partial charge in [0, 0.05) is 24.6 Å². The molecule has 0 aliphatic heterocycles. The Bertz CT molecular complexity index is 471. The molecule has 90 valence electrons. The van der Waals surface area contributed by atoms with Gasteiger partial charge in [-0.3, -0.25) is 4.79 Å². The standard InChI is InChI=1S/C13H17N3O/c1-2-3-7-16-12(4-5-13(16)10-17)9-15-8-6-14-11-15/h4-6,8,10-11H,2-3,7,9H2,1H3. The topological polar surface area (TPSA) is 39.8 Å². The van der Waals surface area contributed by atoms with Gasteiger partial charge >= 0.3 is 0 Å². The van der Waals surface area contributed by atoms with E-state index in [4.69, 9.17) is 0 Å². The van der Waals surface area contributed by atoms with Gasteiger partial charge in [0.05, 0.1) is 18.6 Å². The molecule has 17 heavy (non-hydrogen) atoms. The number of hydrogen-bond donors (Lipinski definition) is 0. The molecule has 2 aromatic heterocycles. The third kappa shape index (κ3) is 2.64. The van der Waals surface area contributed by atoms with Crippen molar-refractivity contribution in [3.8, 4) is 0 Å². The second-order valence-electron chi connectivity index (χ2n) is 4.11. The summed E-state index contributed by atoms with van der Waals surface area (Å²) in [5.41, 5.74) is 1.91. The molecule has 4 heteroatoms. The maximum atomic E-state index is 11.0. The van der Waals surface area contributed by atoms with E-state index < -0.39 is 0 Å². The largest absolute Gasteiger partial charge is 0.341 e. The van der Waals surface area contributed by atoms with Gasteiger partial charge in [-0.05, 0) is 18.6 Å². The van der Waals surface area contributed by atoms with Crippen LogP contribution in [0.2, 0.25) is 0 Å². The summed E-state index contributed by atoms with van der Waals surface area (Å²) in [4.78, 5) is 15.0. The van der Waals surface area contributed by atoms with Crippen molar-refractivity contribution >= 4 is 6.29 Å². The van der Waals surface area contributed by atoms with Gasteiger partial charge < -0.3 is 9.13 Å². The Morgan fingerprint density at radius 2 is 2.29 bits per heavy atom. The third-order valence-electron chi connectivity index (χ3n) is 2.86. The lowest BCUT2D eigenvalue weighted by Gasteiger charge is -2.10. The first-order valence-corrected chi connectivity index (χ1v) is 5.94. The summed E-state index contributed by atoms with van der Waals surface area (Å²) in [6.45, 7) is 3.82. The van der Waals surface area contributed by atoms with Crippen LogP contribution in [0.15, 0.2) is 30.9 Å². The highest BCUT2D eigenvalue weighted by Crippen LogP contribution is 2.11. The quantitative estimate of drug-likeness (QED) is 0.716. The molecule has 0 atom stereocenters. The van der Waals surface area contributed by atoms with Crippen molar-refractivity contribution in [1.82, 2.24) is 14.1 Å². The Morgan fingerprint density at radius 1 is 1.41 bits per heavy atom. The molecule has 0 unspecified atom stereocenters. The number of nitrogens with zero attached hydrogens (tertiary/aromatic N) is 3. The molecule has 0 radical (unpaired) electrons. The molecule has 0 saturated heterocycles. The molecule has 2 aromatic rings. The lowest BCUT2D eigenvalue weighted by molar-refractivity contribution is 0.111. The van der Waals surface area contributed by atoms with Crippen LogP contribution < -0.4 is 0 Å². The van der Waals surface area contributed by atoms with Crippen molar-refractivity contribution in [1.29, 1.82) is 0 Å². The molecule has 0 amide bonds. The number of aromatic nitrogens is 3. The van der Waals surface area contributed by atoms with E-state index in [1.54, 1.807) is 12.5 Å². The van der Waals surface area contributed by atoms with Crippen molar-refractivity contribution in [3.05, 3.63) is 42.2 Å². The number of carbonyl (C=O) groups is 1. The van der Waals surface area contributed by atoms with Crippen molar-refractivity contribution < 1.29 is 4.79 Å². The molecule has 0 bridgehead atoms. The second kappa shape index (κ2) is 5.48. The predicted octanol–water partition coefficient (Wildman–Crippen LogP) is 2.35. The van der Waals surface area contributed by atoms with E-state index in [2.05, 4.69) is 16.5 Å². The van der Waals surface area contributed by atoms with Gasteiger partial charge in [-0.15, -0.1) is 0 Å². The number of carbonyl (C=O) groups excluding carboxylic acids is 1. The SMILES string of the molecule is CCCCn1c(C=O)ccc1Cn1ccnc1. The second-order valence-corrected chi connectivity index (χ2v) is 4.11. The lowest BCUT2D eigenvalue weighted by atomic mass is 10.3. The van der Waals surface area contributed by atoms with Crippen LogP contribution in [0.25, 0.3) is 0 Å². The predicted molar refractivity (Wildman–Crippen MR) is 66.1 cm³/mol. The first-order valence-electron chi connectivity index (χ1n) is 5.94. The fourth-order valence-corrected chi connectivity index (χ4v) is 1.92. The van der Waals surface area contributed by atoms with Crippen LogP contribution in [-0.4, -0.2) is 20.4 Å². The van der Waals surface area contributed by atoms with Crippen LogP contribution in [0.1, 0.15) is 35.9 Å². The van der Waals surface area contributed by atoms with Gasteiger partial charge in [0.2, 0.25) is 0 Å². The van der Waals surface area contributed by atoms with Crippen LogP contribution in [0.3, 0.4) is 0 Å². The van der Waals surface area contributed by atoms with E-state index in [1.165, 1.54) is 0 Å². The van der Waals surface area contributed by atoms with Crippen LogP contribution in [0.4, 0.5) is 0 Å². The molecule has 0 aliphatic carbocycles. The Labute approximate surface area is 101 Å². The van der Waals surface area contributed by atoms with Gasteiger partial charge in [0.25, 0.3) is 0 Å². The highest BCUT2D eigenvalue weighted by Gasteiger charge is 2.07. The van der Waals surface area contributed by atoms with Gasteiger partial charge in [-0.2, -0.15) is 0 Å². The highest BCUT2D eigenvalue weighted by atomic mass is 16.1. The third-order valence-corrected chi connectivity index (χ3v) is 2.86. The van der Waals surface area contributed by atoms with E-state index in [-0.39, 0.29) is 0 Å². The minimum Gasteiger partial charge on any atom is -0.341 e. The zero-order valence-corrected chi connectivity index (χ0v) is 10.0. The summed E-state index contributed by atoms with van der Waals surface area (Å²) in [5, 5.41) is 0. The van der Waals surface area contributed by atoms with Crippen LogP contribution >= 0.6 is 0 Å². The first-order chi connectivity index (χ1) is 8.35. The van der Waals surface area contributed by atoms with Crippen LogP contribution in [0, 0.1) is 0 Å². The number of aldehydes is 1. The average molecular weight is 231 g/mol. The summed E-state index contributed by atoms with van der Waals surface area (Å²) in [7, 11) is 0. The molecule has 2 rings (SSSR count). The summed E-state index contributed by atoms with van der Waals surface area (Å²) < 4.78 is 4.10. The fourth-order valence-electron chi connectivity index (χ4n) is 1.92. The Balaban J connectivity index is 2.20. The molecule has 0 saturated carbocycles. The Morgan fingerprint density at radius 3 is 2.94 bits per heavy atom. The molecule has 4 nitrogen and oxygen atoms in total. The van der Waals surface area contributed by atoms with Crippen molar-refractivity contribution in [2.45, 2.75) is 32.9 Å². The average Bonchev–Trinajstić information content (AvgIpc) is 2.97. The molecule has 2 heterocycles. The molecular weight excluding hydrogens is 214 g/mol. The molecule has 0 fully saturated rings. The minimum absolute atomic E-state index is 0.758. The van der Waals surface area contributed by atoms with Crippen molar-refractivity contribution in [3.63, 3.8) is 0 Å². The minimum atomic E-state index is 0.758. The monoisotopic (exact) mass is 231 g/mol. The summed E-state index contributed by atoms with van der Waals surface area (Å²) in [6, 6.07) is 3.90. The van der Waals surface area contributed by atoms with Gasteiger partial charge in [0.15, 0.2) is 6.29 Å². The van der Waals surface area contributed by atoms with E-state index in [0.29, 0.717) is 0 Å². The molecular formula is C13H17N3O. The van der Waals surface area contributed by atoms with Crippen molar-refractivity contribution in [2.24, 2.45) is 0 Å². The van der Waals surface area contributed by atoms with Gasteiger partial charge in [0.1, 0.15) is 0 Å². The summed E-state index contributed by atoms with van der Waals surface area (Å²) >= 11 is 0. The number of unbranched alkanes of at least 4 members (excludes halogenated alkanes) is 1. The van der Waals surface area contributed by atoms with Gasteiger partial charge in [-0.1, -0.05) is 13.3 Å². The Kier molecular flexibility index (Phi) is 3.75. The zero-order valence-electron chi connectivity index (χ0n) is 10.0. The van der Waals surface area contributed by atoms with E-state index in [9.17, 15) is 4.79 Å². The maximum Gasteiger partial charge on any atom is 0.166 e. The summed E-state index contributed by atoms with van der Waals surface area (Å²) in [6.07, 6.45) is 8.62. The van der Waals surface area contributed by atoms with E-state index in [1.807, 2.05) is 22.9 Å². The lowest BCUT2D eigenvalue weighted by Crippen LogP contribution is -2.09. The number of hydrogen-bond acceptors (Lipinski definition) is 2. The highest BCUT2D eigenvalue weighted by molar-refractivity contribution is 5.72. The van der Waals surface area contributed by atoms with E-state index >= 15 is 0 Å². The van der Waals surface area contributed by atoms with Crippen LogP contribution in [-0.2, 0) is 13.1 Å². The van der Waals surface area contributed by atoms with Crippen LogP contribution in [0.5, 0.6) is 0 Å². The smallest absolute Gasteiger partial charge is 0.166 e. The zero-order chi connectivity index (χ0) is 12.1. The molecule has 0 aliphatic rings. The molecule has 0 N–H and O–H groups in total. The molecule has 0 aromatic carbocycles. The normalized spacial score (nSPS) is 10.6. The number of imidazole rings is 1.